The molecular formula is C48H32N2S. The van der Waals surface area contributed by atoms with E-state index >= 15 is 0 Å². The molecule has 1 atom stereocenters. The van der Waals surface area contributed by atoms with Gasteiger partial charge in [0.15, 0.2) is 5.82 Å². The van der Waals surface area contributed by atoms with E-state index in [4.69, 9.17) is 9.97 Å². The first-order chi connectivity index (χ1) is 25.2. The maximum atomic E-state index is 5.23. The second-order valence-electron chi connectivity index (χ2n) is 13.5. The number of thiophene rings is 1. The number of nitrogens with zero attached hydrogens (tertiary/aromatic N) is 2. The third-order valence-electron chi connectivity index (χ3n) is 10.6. The maximum absolute atomic E-state index is 5.23. The van der Waals surface area contributed by atoms with Gasteiger partial charge in [-0.05, 0) is 64.1 Å². The summed E-state index contributed by atoms with van der Waals surface area (Å²) in [5.41, 5.74) is 13.7. The van der Waals surface area contributed by atoms with Crippen molar-refractivity contribution < 1.29 is 0 Å². The number of aromatic nitrogens is 2. The van der Waals surface area contributed by atoms with E-state index in [0.717, 1.165) is 33.9 Å². The van der Waals surface area contributed by atoms with Crippen molar-refractivity contribution in [2.45, 2.75) is 12.3 Å². The smallest absolute Gasteiger partial charge is 0.160 e. The van der Waals surface area contributed by atoms with Gasteiger partial charge in [0, 0.05) is 42.3 Å². The highest BCUT2D eigenvalue weighted by Crippen LogP contribution is 2.55. The summed E-state index contributed by atoms with van der Waals surface area (Å²) in [5.74, 6) is 0.722. The lowest BCUT2D eigenvalue weighted by molar-refractivity contribution is 0.716. The SMILES string of the molecule is CC1(c2ccccc2)c2ccccc2-c2cccc(-c3cccc(-c4cc(-c5cccc6c5sc5ccccc56)nc(-c5ccccc5)n4)c3)c21. The minimum Gasteiger partial charge on any atom is -0.228 e. The lowest BCUT2D eigenvalue weighted by atomic mass is 9.72. The average molecular weight is 669 g/mol. The van der Waals surface area contributed by atoms with Crippen LogP contribution in [-0.2, 0) is 5.41 Å². The van der Waals surface area contributed by atoms with E-state index in [9.17, 15) is 0 Å². The van der Waals surface area contributed by atoms with E-state index in [1.165, 1.54) is 59.1 Å². The fourth-order valence-electron chi connectivity index (χ4n) is 8.16. The molecule has 0 saturated carbocycles. The Bertz CT molecular complexity index is 2760. The minimum absolute atomic E-state index is 0.300. The second-order valence-corrected chi connectivity index (χ2v) is 14.5. The predicted octanol–water partition coefficient (Wildman–Crippen LogP) is 12.8. The summed E-state index contributed by atoms with van der Waals surface area (Å²) in [7, 11) is 0. The molecule has 0 aliphatic heterocycles. The van der Waals surface area contributed by atoms with Gasteiger partial charge in [0.1, 0.15) is 0 Å². The molecule has 51 heavy (non-hydrogen) atoms. The van der Waals surface area contributed by atoms with Crippen LogP contribution in [0.1, 0.15) is 23.6 Å². The Kier molecular flexibility index (Phi) is 6.83. The van der Waals surface area contributed by atoms with Crippen molar-refractivity contribution in [3.63, 3.8) is 0 Å². The number of hydrogen-bond acceptors (Lipinski definition) is 3. The molecule has 1 unspecified atom stereocenters. The standard InChI is InChI=1S/C48H32N2S/c1-48(34-19-6-3-7-20-34)41-27-10-8-21-36(41)38-24-13-23-35(45(38)48)32-17-12-18-33(29-32)42-30-43(50-47(49-42)31-15-4-2-5-16-31)40-26-14-25-39-37-22-9-11-28-44(37)51-46(39)40/h2-30H,1H3. The van der Waals surface area contributed by atoms with Gasteiger partial charge in [0.05, 0.1) is 11.4 Å². The lowest BCUT2D eigenvalue weighted by Gasteiger charge is -2.30. The predicted molar refractivity (Wildman–Crippen MR) is 214 cm³/mol. The fourth-order valence-corrected chi connectivity index (χ4v) is 9.39. The van der Waals surface area contributed by atoms with E-state index < -0.39 is 0 Å². The largest absolute Gasteiger partial charge is 0.228 e. The molecule has 2 heterocycles. The van der Waals surface area contributed by atoms with Crippen LogP contribution in [0.25, 0.3) is 76.3 Å². The van der Waals surface area contributed by atoms with Crippen LogP contribution in [0.5, 0.6) is 0 Å². The van der Waals surface area contributed by atoms with Crippen LogP contribution in [0.2, 0.25) is 0 Å². The van der Waals surface area contributed by atoms with Crippen LogP contribution in [0, 0.1) is 0 Å². The summed E-state index contributed by atoms with van der Waals surface area (Å²) in [6.07, 6.45) is 0. The molecule has 0 spiro atoms. The van der Waals surface area contributed by atoms with Crippen LogP contribution in [-0.4, -0.2) is 9.97 Å². The zero-order valence-electron chi connectivity index (χ0n) is 28.0. The van der Waals surface area contributed by atoms with Gasteiger partial charge in [-0.15, -0.1) is 11.3 Å². The van der Waals surface area contributed by atoms with Crippen LogP contribution < -0.4 is 0 Å². The molecule has 0 radical (unpaired) electrons. The van der Waals surface area contributed by atoms with Gasteiger partial charge < -0.3 is 0 Å². The van der Waals surface area contributed by atoms with Gasteiger partial charge in [-0.1, -0.05) is 158 Å². The topological polar surface area (TPSA) is 25.8 Å². The molecular weight excluding hydrogens is 637 g/mol. The van der Waals surface area contributed by atoms with Gasteiger partial charge in [0.25, 0.3) is 0 Å². The lowest BCUT2D eigenvalue weighted by Crippen LogP contribution is -2.23. The monoisotopic (exact) mass is 668 g/mol. The first-order valence-corrected chi connectivity index (χ1v) is 18.2. The van der Waals surface area contributed by atoms with Crippen molar-refractivity contribution in [1.29, 1.82) is 0 Å². The third kappa shape index (κ3) is 4.70. The molecule has 10 rings (SSSR count). The van der Waals surface area contributed by atoms with Crippen LogP contribution >= 0.6 is 11.3 Å². The normalized spacial score (nSPS) is 14.8. The Hall–Kier alpha value is -6.16. The molecule has 0 bridgehead atoms. The zero-order chi connectivity index (χ0) is 33.9. The molecule has 0 amide bonds. The van der Waals surface area contributed by atoms with E-state index in [0.29, 0.717) is 0 Å². The number of fused-ring (bicyclic) bond motifs is 6. The van der Waals surface area contributed by atoms with Gasteiger partial charge in [-0.25, -0.2) is 9.97 Å². The minimum atomic E-state index is -0.300. The van der Waals surface area contributed by atoms with Crippen molar-refractivity contribution >= 4 is 31.5 Å². The van der Waals surface area contributed by atoms with Crippen LogP contribution in [0.3, 0.4) is 0 Å². The van der Waals surface area contributed by atoms with Gasteiger partial charge >= 0.3 is 0 Å². The van der Waals surface area contributed by atoms with Crippen molar-refractivity contribution in [1.82, 2.24) is 9.97 Å². The fraction of sp³-hybridized carbons (Fsp3) is 0.0417. The van der Waals surface area contributed by atoms with E-state index in [-0.39, 0.29) is 5.41 Å². The van der Waals surface area contributed by atoms with Crippen molar-refractivity contribution in [3.05, 3.63) is 193 Å². The molecule has 0 fully saturated rings. The number of hydrogen-bond donors (Lipinski definition) is 0. The van der Waals surface area contributed by atoms with Crippen LogP contribution in [0.4, 0.5) is 0 Å². The molecule has 3 heteroatoms. The Morgan fingerprint density at radius 1 is 0.451 bits per heavy atom. The highest BCUT2D eigenvalue weighted by Gasteiger charge is 2.42. The Morgan fingerprint density at radius 3 is 1.94 bits per heavy atom. The molecule has 1 aliphatic carbocycles. The molecule has 240 valence electrons. The summed E-state index contributed by atoms with van der Waals surface area (Å²) in [6, 6.07) is 63.2. The highest BCUT2D eigenvalue weighted by atomic mass is 32.1. The molecule has 9 aromatic rings. The molecule has 2 aromatic heterocycles. The first kappa shape index (κ1) is 29.7. The second kappa shape index (κ2) is 11.7. The highest BCUT2D eigenvalue weighted by molar-refractivity contribution is 7.26. The number of benzene rings is 7. The molecule has 0 saturated heterocycles. The summed E-state index contributed by atoms with van der Waals surface area (Å²) in [5, 5.41) is 2.54. The van der Waals surface area contributed by atoms with E-state index in [1.807, 2.05) is 17.4 Å². The summed E-state index contributed by atoms with van der Waals surface area (Å²) >= 11 is 1.83. The average Bonchev–Trinajstić information content (AvgIpc) is 3.72. The van der Waals surface area contributed by atoms with Crippen molar-refractivity contribution in [3.8, 4) is 56.2 Å². The van der Waals surface area contributed by atoms with Crippen molar-refractivity contribution in [2.75, 3.05) is 0 Å². The first-order valence-electron chi connectivity index (χ1n) is 17.4. The Balaban J connectivity index is 1.17. The Labute approximate surface area is 301 Å². The summed E-state index contributed by atoms with van der Waals surface area (Å²) in [4.78, 5) is 10.4. The molecule has 2 nitrogen and oxygen atoms in total. The molecule has 1 aliphatic rings. The number of rotatable bonds is 5. The van der Waals surface area contributed by atoms with Gasteiger partial charge in [-0.2, -0.15) is 0 Å². The Morgan fingerprint density at radius 2 is 1.06 bits per heavy atom. The zero-order valence-corrected chi connectivity index (χ0v) is 28.9. The maximum Gasteiger partial charge on any atom is 0.160 e. The van der Waals surface area contributed by atoms with E-state index in [1.54, 1.807) is 0 Å². The quantitative estimate of drug-likeness (QED) is 0.182. The van der Waals surface area contributed by atoms with E-state index in [2.05, 4.69) is 177 Å². The van der Waals surface area contributed by atoms with Gasteiger partial charge in [-0.3, -0.25) is 0 Å². The summed E-state index contributed by atoms with van der Waals surface area (Å²) < 4.78 is 2.53. The van der Waals surface area contributed by atoms with Gasteiger partial charge in [0.2, 0.25) is 0 Å². The summed E-state index contributed by atoms with van der Waals surface area (Å²) in [6.45, 7) is 2.39. The third-order valence-corrected chi connectivity index (χ3v) is 11.8. The van der Waals surface area contributed by atoms with Crippen LogP contribution in [0.15, 0.2) is 176 Å². The molecule has 7 aromatic carbocycles. The van der Waals surface area contributed by atoms with Crippen molar-refractivity contribution in [2.24, 2.45) is 0 Å². The molecule has 0 N–H and O–H groups in total.